The first kappa shape index (κ1) is 27.0. The first-order valence-electron chi connectivity index (χ1n) is 13.0. The summed E-state index contributed by atoms with van der Waals surface area (Å²) in [6, 6.07) is 25.6. The second-order valence-electron chi connectivity index (χ2n) is 9.49. The molecule has 0 spiro atoms. The van der Waals surface area contributed by atoms with Gasteiger partial charge in [0.05, 0.1) is 0 Å². The zero-order valence-electron chi connectivity index (χ0n) is 21.9. The average molecular weight is 554 g/mol. The van der Waals surface area contributed by atoms with E-state index in [2.05, 4.69) is 41.5 Å². The topological polar surface area (TPSA) is 92.9 Å². The second kappa shape index (κ2) is 12.1. The standard InChI is InChI=1S/C32H28ClN3O4/c1-2-21-3-5-23(6-4-21)20-40-27-13-7-22(8-14-27)17-28(32(38)39)35-31(37)29-19-36-16-15-25(18-30(36)34-29)24-9-11-26(33)12-10-24/h3-16,18-19,28H,2,17,20H2,1H3,(H,35,37)(H,38,39)/t28-/m0/s1. The van der Waals surface area contributed by atoms with Crippen LogP contribution in [0.3, 0.4) is 0 Å². The molecule has 2 N–H and O–H groups in total. The van der Waals surface area contributed by atoms with E-state index in [4.69, 9.17) is 16.3 Å². The Labute approximate surface area is 237 Å². The lowest BCUT2D eigenvalue weighted by molar-refractivity contribution is -0.139. The Balaban J connectivity index is 1.22. The number of fused-ring (bicyclic) bond motifs is 1. The number of carboxylic acid groups (broad SMARTS) is 1. The minimum atomic E-state index is -1.13. The maximum Gasteiger partial charge on any atom is 0.326 e. The molecule has 7 nitrogen and oxygen atoms in total. The van der Waals surface area contributed by atoms with Gasteiger partial charge in [-0.05, 0) is 70.6 Å². The fraction of sp³-hybridized carbons (Fsp3) is 0.156. The molecule has 0 bridgehead atoms. The van der Waals surface area contributed by atoms with Crippen molar-refractivity contribution in [2.45, 2.75) is 32.4 Å². The van der Waals surface area contributed by atoms with E-state index >= 15 is 0 Å². The molecule has 0 aliphatic heterocycles. The van der Waals surface area contributed by atoms with Crippen LogP contribution in [0, 0.1) is 0 Å². The number of carbonyl (C=O) groups is 2. The number of aliphatic carboxylic acids is 1. The number of pyridine rings is 1. The maximum absolute atomic E-state index is 12.9. The smallest absolute Gasteiger partial charge is 0.326 e. The maximum atomic E-state index is 12.9. The van der Waals surface area contributed by atoms with Crippen molar-refractivity contribution >= 4 is 29.1 Å². The van der Waals surface area contributed by atoms with Crippen molar-refractivity contribution in [3.05, 3.63) is 125 Å². The summed E-state index contributed by atoms with van der Waals surface area (Å²) in [5.74, 6) is -1.00. The van der Waals surface area contributed by atoms with Crippen molar-refractivity contribution in [1.29, 1.82) is 0 Å². The number of carbonyl (C=O) groups excluding carboxylic acids is 1. The lowest BCUT2D eigenvalue weighted by Crippen LogP contribution is -2.42. The molecule has 3 aromatic carbocycles. The summed E-state index contributed by atoms with van der Waals surface area (Å²) >= 11 is 5.99. The van der Waals surface area contributed by atoms with Gasteiger partial charge in [-0.1, -0.05) is 67.1 Å². The average Bonchev–Trinajstić information content (AvgIpc) is 3.41. The van der Waals surface area contributed by atoms with E-state index in [1.54, 1.807) is 34.9 Å². The number of hydrogen-bond acceptors (Lipinski definition) is 4. The van der Waals surface area contributed by atoms with Gasteiger partial charge >= 0.3 is 5.97 Å². The van der Waals surface area contributed by atoms with E-state index in [1.807, 2.05) is 42.6 Å². The van der Waals surface area contributed by atoms with Crippen LogP contribution in [0.1, 0.15) is 34.1 Å². The number of hydrogen-bond donors (Lipinski definition) is 2. The molecule has 0 saturated heterocycles. The van der Waals surface area contributed by atoms with Gasteiger partial charge in [0.25, 0.3) is 5.91 Å². The van der Waals surface area contributed by atoms with Crippen molar-refractivity contribution in [2.75, 3.05) is 0 Å². The number of nitrogens with one attached hydrogen (secondary N) is 1. The zero-order chi connectivity index (χ0) is 28.1. The molecule has 2 heterocycles. The number of amides is 1. The Morgan fingerprint density at radius 1 is 0.925 bits per heavy atom. The van der Waals surface area contributed by atoms with Gasteiger partial charge in [-0.15, -0.1) is 0 Å². The third-order valence-electron chi connectivity index (χ3n) is 6.67. The van der Waals surface area contributed by atoms with Gasteiger partial charge in [0, 0.05) is 23.8 Å². The fourth-order valence-corrected chi connectivity index (χ4v) is 4.47. The zero-order valence-corrected chi connectivity index (χ0v) is 22.6. The largest absolute Gasteiger partial charge is 0.489 e. The van der Waals surface area contributed by atoms with Crippen LogP contribution in [0.4, 0.5) is 0 Å². The molecule has 8 heteroatoms. The van der Waals surface area contributed by atoms with Crippen molar-refractivity contribution in [3.63, 3.8) is 0 Å². The number of ether oxygens (including phenoxy) is 1. The van der Waals surface area contributed by atoms with Gasteiger partial charge in [0.2, 0.25) is 0 Å². The van der Waals surface area contributed by atoms with Crippen LogP contribution in [0.2, 0.25) is 5.02 Å². The highest BCUT2D eigenvalue weighted by Gasteiger charge is 2.23. The van der Waals surface area contributed by atoms with Crippen LogP contribution in [0.25, 0.3) is 16.8 Å². The minimum absolute atomic E-state index is 0.119. The van der Waals surface area contributed by atoms with Crippen LogP contribution < -0.4 is 10.1 Å². The molecular weight excluding hydrogens is 526 g/mol. The number of benzene rings is 3. The van der Waals surface area contributed by atoms with Crippen LogP contribution in [0.15, 0.2) is 97.3 Å². The molecule has 0 radical (unpaired) electrons. The molecule has 0 aliphatic rings. The summed E-state index contributed by atoms with van der Waals surface area (Å²) in [7, 11) is 0. The molecule has 5 aromatic rings. The number of carboxylic acids is 1. The predicted octanol–water partition coefficient (Wildman–Crippen LogP) is 6.22. The van der Waals surface area contributed by atoms with Crippen LogP contribution >= 0.6 is 11.6 Å². The van der Waals surface area contributed by atoms with Gasteiger partial charge < -0.3 is 19.6 Å². The quantitative estimate of drug-likeness (QED) is 0.214. The molecule has 0 unspecified atom stereocenters. The highest BCUT2D eigenvalue weighted by Crippen LogP contribution is 2.23. The molecule has 0 aliphatic carbocycles. The number of rotatable bonds is 10. The van der Waals surface area contributed by atoms with Crippen molar-refractivity contribution < 1.29 is 19.4 Å². The Bertz CT molecular complexity index is 1630. The van der Waals surface area contributed by atoms with Gasteiger partial charge in [-0.2, -0.15) is 0 Å². The predicted molar refractivity (Wildman–Crippen MR) is 155 cm³/mol. The van der Waals surface area contributed by atoms with Crippen molar-refractivity contribution in [2.24, 2.45) is 0 Å². The summed E-state index contributed by atoms with van der Waals surface area (Å²) in [5.41, 5.74) is 5.70. The summed E-state index contributed by atoms with van der Waals surface area (Å²) in [6.45, 7) is 2.56. The molecular formula is C32H28ClN3O4. The van der Waals surface area contributed by atoms with E-state index in [0.29, 0.717) is 23.0 Å². The molecule has 0 fully saturated rings. The SMILES string of the molecule is CCc1ccc(COc2ccc(C[C@H](NC(=O)c3cn4ccc(-c5ccc(Cl)cc5)cc4n3)C(=O)O)cc2)cc1. The highest BCUT2D eigenvalue weighted by atomic mass is 35.5. The summed E-state index contributed by atoms with van der Waals surface area (Å²) in [4.78, 5) is 29.3. The van der Waals surface area contributed by atoms with Gasteiger partial charge in [0.1, 0.15) is 29.7 Å². The van der Waals surface area contributed by atoms with E-state index in [0.717, 1.165) is 28.7 Å². The second-order valence-corrected chi connectivity index (χ2v) is 9.92. The van der Waals surface area contributed by atoms with E-state index in [-0.39, 0.29) is 12.1 Å². The summed E-state index contributed by atoms with van der Waals surface area (Å²) in [6.07, 6.45) is 4.50. The third-order valence-corrected chi connectivity index (χ3v) is 6.93. The number of aryl methyl sites for hydroxylation is 1. The first-order valence-corrected chi connectivity index (χ1v) is 13.3. The molecule has 1 atom stereocenters. The minimum Gasteiger partial charge on any atom is -0.489 e. The molecule has 40 heavy (non-hydrogen) atoms. The molecule has 1 amide bonds. The Morgan fingerprint density at radius 3 is 2.27 bits per heavy atom. The van der Waals surface area contributed by atoms with Crippen LogP contribution in [-0.2, 0) is 24.2 Å². The number of nitrogens with zero attached hydrogens (tertiary/aromatic N) is 2. The number of aromatic nitrogens is 2. The van der Waals surface area contributed by atoms with Crippen LogP contribution in [0.5, 0.6) is 5.75 Å². The summed E-state index contributed by atoms with van der Waals surface area (Å²) < 4.78 is 7.59. The number of imidazole rings is 1. The lowest BCUT2D eigenvalue weighted by Gasteiger charge is -2.14. The Kier molecular flexibility index (Phi) is 8.12. The monoisotopic (exact) mass is 553 g/mol. The van der Waals surface area contributed by atoms with Gasteiger partial charge in [-0.25, -0.2) is 9.78 Å². The molecule has 202 valence electrons. The Morgan fingerprint density at radius 2 is 1.60 bits per heavy atom. The first-order chi connectivity index (χ1) is 19.4. The molecule has 5 rings (SSSR count). The van der Waals surface area contributed by atoms with E-state index < -0.39 is 17.9 Å². The van der Waals surface area contributed by atoms with Crippen molar-refractivity contribution in [1.82, 2.24) is 14.7 Å². The van der Waals surface area contributed by atoms with Gasteiger partial charge in [0.15, 0.2) is 0 Å². The van der Waals surface area contributed by atoms with Crippen LogP contribution in [-0.4, -0.2) is 32.4 Å². The van der Waals surface area contributed by atoms with E-state index in [9.17, 15) is 14.7 Å². The highest BCUT2D eigenvalue weighted by molar-refractivity contribution is 6.30. The molecule has 0 saturated carbocycles. The third kappa shape index (κ3) is 6.50. The Hall–Kier alpha value is -4.62. The van der Waals surface area contributed by atoms with Crippen molar-refractivity contribution in [3.8, 4) is 16.9 Å². The summed E-state index contributed by atoms with van der Waals surface area (Å²) in [5, 5.41) is 13.0. The fourth-order valence-electron chi connectivity index (χ4n) is 4.34. The van der Waals surface area contributed by atoms with Gasteiger partial charge in [-0.3, -0.25) is 4.79 Å². The lowest BCUT2D eigenvalue weighted by atomic mass is 10.1. The normalized spacial score (nSPS) is 11.8. The number of halogens is 1. The van der Waals surface area contributed by atoms with E-state index in [1.165, 1.54) is 5.56 Å². The molecule has 2 aromatic heterocycles.